The Morgan fingerprint density at radius 2 is 2.28 bits per heavy atom. The lowest BCUT2D eigenvalue weighted by molar-refractivity contribution is 0.0701. The summed E-state index contributed by atoms with van der Waals surface area (Å²) in [6.07, 6.45) is 6.84. The molecule has 1 aliphatic heterocycles. The van der Waals surface area contributed by atoms with E-state index < -0.39 is 5.82 Å². The van der Waals surface area contributed by atoms with Gasteiger partial charge in [0, 0.05) is 24.1 Å². The molecule has 0 aliphatic carbocycles. The van der Waals surface area contributed by atoms with Gasteiger partial charge >= 0.3 is 0 Å². The van der Waals surface area contributed by atoms with Crippen LogP contribution in [0.3, 0.4) is 0 Å². The van der Waals surface area contributed by atoms with Gasteiger partial charge in [0.2, 0.25) is 0 Å². The SMILES string of the molecule is O=C(c1cncc(F)c1)N1CCCCCC1CBr. The summed E-state index contributed by atoms with van der Waals surface area (Å²) in [7, 11) is 0. The predicted molar refractivity (Wildman–Crippen MR) is 71.3 cm³/mol. The highest BCUT2D eigenvalue weighted by Gasteiger charge is 2.25. The highest BCUT2D eigenvalue weighted by molar-refractivity contribution is 9.09. The van der Waals surface area contributed by atoms with E-state index >= 15 is 0 Å². The standard InChI is InChI=1S/C13H16BrFN2O/c14-7-12-4-2-1-3-5-17(12)13(18)10-6-11(15)9-16-8-10/h6,8-9,12H,1-5,7H2. The van der Waals surface area contributed by atoms with Crippen LogP contribution in [0.2, 0.25) is 0 Å². The van der Waals surface area contributed by atoms with Gasteiger partial charge in [-0.3, -0.25) is 9.78 Å². The first-order valence-corrected chi connectivity index (χ1v) is 7.32. The number of halogens is 2. The van der Waals surface area contributed by atoms with Crippen LogP contribution < -0.4 is 0 Å². The van der Waals surface area contributed by atoms with Crippen LogP contribution in [0, 0.1) is 5.82 Å². The molecule has 1 unspecified atom stereocenters. The Hall–Kier alpha value is -0.970. The molecule has 2 heterocycles. The molecule has 1 aliphatic rings. The van der Waals surface area contributed by atoms with Crippen LogP contribution in [0.5, 0.6) is 0 Å². The van der Waals surface area contributed by atoms with Crippen LogP contribution in [0.25, 0.3) is 0 Å². The molecule has 1 saturated heterocycles. The number of pyridine rings is 1. The summed E-state index contributed by atoms with van der Waals surface area (Å²) >= 11 is 3.46. The zero-order valence-corrected chi connectivity index (χ0v) is 11.7. The molecule has 0 N–H and O–H groups in total. The molecule has 1 fully saturated rings. The third kappa shape index (κ3) is 3.07. The number of likely N-dealkylation sites (tertiary alicyclic amines) is 1. The van der Waals surface area contributed by atoms with Crippen LogP contribution in [0.15, 0.2) is 18.5 Å². The fourth-order valence-corrected chi connectivity index (χ4v) is 2.97. The van der Waals surface area contributed by atoms with Gasteiger partial charge in [-0.15, -0.1) is 0 Å². The Morgan fingerprint density at radius 1 is 1.44 bits per heavy atom. The molecule has 2 rings (SSSR count). The van der Waals surface area contributed by atoms with Gasteiger partial charge in [0.1, 0.15) is 5.82 Å². The molecule has 98 valence electrons. The Morgan fingerprint density at radius 3 is 3.00 bits per heavy atom. The third-order valence-corrected chi connectivity index (χ3v) is 4.02. The van der Waals surface area contributed by atoms with Crippen LogP contribution in [0.1, 0.15) is 36.0 Å². The van der Waals surface area contributed by atoms with Crippen molar-refractivity contribution in [3.05, 3.63) is 29.8 Å². The fraction of sp³-hybridized carbons (Fsp3) is 0.538. The number of carbonyl (C=O) groups is 1. The average Bonchev–Trinajstić information content (AvgIpc) is 2.62. The lowest BCUT2D eigenvalue weighted by Gasteiger charge is -2.28. The first kappa shape index (κ1) is 13.5. The number of amides is 1. The van der Waals surface area contributed by atoms with Gasteiger partial charge in [-0.05, 0) is 18.9 Å². The van der Waals surface area contributed by atoms with Crippen molar-refractivity contribution in [1.82, 2.24) is 9.88 Å². The molecule has 18 heavy (non-hydrogen) atoms. The largest absolute Gasteiger partial charge is 0.335 e. The third-order valence-electron chi connectivity index (χ3n) is 3.27. The second kappa shape index (κ2) is 6.27. The Bertz CT molecular complexity index is 427. The highest BCUT2D eigenvalue weighted by atomic mass is 79.9. The first-order chi connectivity index (χ1) is 8.72. The minimum atomic E-state index is -0.467. The highest BCUT2D eigenvalue weighted by Crippen LogP contribution is 2.20. The molecule has 0 radical (unpaired) electrons. The molecule has 0 aromatic carbocycles. The summed E-state index contributed by atoms with van der Waals surface area (Å²) in [5.74, 6) is -0.584. The van der Waals surface area contributed by atoms with E-state index in [0.29, 0.717) is 5.56 Å². The van der Waals surface area contributed by atoms with Gasteiger partial charge in [-0.25, -0.2) is 4.39 Å². The number of hydrogen-bond acceptors (Lipinski definition) is 2. The smallest absolute Gasteiger partial charge is 0.255 e. The molecule has 5 heteroatoms. The number of carbonyl (C=O) groups excluding carboxylic acids is 1. The number of nitrogens with zero attached hydrogens (tertiary/aromatic N) is 2. The molecule has 0 spiro atoms. The normalized spacial score (nSPS) is 20.6. The van der Waals surface area contributed by atoms with E-state index in [4.69, 9.17) is 0 Å². The lowest BCUT2D eigenvalue weighted by atomic mass is 10.1. The van der Waals surface area contributed by atoms with Crippen molar-refractivity contribution in [2.24, 2.45) is 0 Å². The number of aromatic nitrogens is 1. The van der Waals surface area contributed by atoms with Crippen LogP contribution >= 0.6 is 15.9 Å². The van der Waals surface area contributed by atoms with Gasteiger partial charge in [0.05, 0.1) is 11.8 Å². The van der Waals surface area contributed by atoms with E-state index in [-0.39, 0.29) is 11.9 Å². The Balaban J connectivity index is 2.19. The molecule has 1 amide bonds. The molecule has 0 bridgehead atoms. The first-order valence-electron chi connectivity index (χ1n) is 6.20. The zero-order valence-electron chi connectivity index (χ0n) is 10.1. The minimum absolute atomic E-state index is 0.117. The van der Waals surface area contributed by atoms with Crippen LogP contribution in [0.4, 0.5) is 4.39 Å². The van der Waals surface area contributed by atoms with Gasteiger partial charge < -0.3 is 4.90 Å². The molecular weight excluding hydrogens is 299 g/mol. The molecule has 3 nitrogen and oxygen atoms in total. The summed E-state index contributed by atoms with van der Waals surface area (Å²) in [4.78, 5) is 18.0. The van der Waals surface area contributed by atoms with Crippen molar-refractivity contribution in [2.45, 2.75) is 31.7 Å². The summed E-state index contributed by atoms with van der Waals surface area (Å²) in [6, 6.07) is 1.45. The maximum atomic E-state index is 13.1. The van der Waals surface area contributed by atoms with Crippen LogP contribution in [-0.4, -0.2) is 33.7 Å². The van der Waals surface area contributed by atoms with Gasteiger partial charge in [-0.2, -0.15) is 0 Å². The van der Waals surface area contributed by atoms with E-state index in [1.165, 1.54) is 12.3 Å². The van der Waals surface area contributed by atoms with Crippen molar-refractivity contribution < 1.29 is 9.18 Å². The number of hydrogen-bond donors (Lipinski definition) is 0. The van der Waals surface area contributed by atoms with E-state index in [1.54, 1.807) is 0 Å². The van der Waals surface area contributed by atoms with E-state index in [0.717, 1.165) is 43.8 Å². The second-order valence-corrected chi connectivity index (χ2v) is 5.20. The minimum Gasteiger partial charge on any atom is -0.335 e. The zero-order chi connectivity index (χ0) is 13.0. The van der Waals surface area contributed by atoms with E-state index in [1.807, 2.05) is 4.90 Å². The van der Waals surface area contributed by atoms with Crippen molar-refractivity contribution in [3.8, 4) is 0 Å². The lowest BCUT2D eigenvalue weighted by Crippen LogP contribution is -2.41. The Labute approximate surface area is 115 Å². The van der Waals surface area contributed by atoms with Crippen molar-refractivity contribution in [1.29, 1.82) is 0 Å². The van der Waals surface area contributed by atoms with Gasteiger partial charge in [-0.1, -0.05) is 28.8 Å². The maximum absolute atomic E-state index is 13.1. The summed E-state index contributed by atoms with van der Waals surface area (Å²) < 4.78 is 13.1. The summed E-state index contributed by atoms with van der Waals surface area (Å²) in [5.41, 5.74) is 0.336. The second-order valence-electron chi connectivity index (χ2n) is 4.55. The number of rotatable bonds is 2. The van der Waals surface area contributed by atoms with Crippen molar-refractivity contribution in [3.63, 3.8) is 0 Å². The van der Waals surface area contributed by atoms with Gasteiger partial charge in [0.25, 0.3) is 5.91 Å². The molecule has 0 saturated carbocycles. The quantitative estimate of drug-likeness (QED) is 0.786. The fourth-order valence-electron chi connectivity index (χ4n) is 2.30. The monoisotopic (exact) mass is 314 g/mol. The molecule has 1 aromatic rings. The van der Waals surface area contributed by atoms with Crippen molar-refractivity contribution in [2.75, 3.05) is 11.9 Å². The topological polar surface area (TPSA) is 33.2 Å². The molecule has 1 aromatic heterocycles. The Kier molecular flexibility index (Phi) is 4.69. The molecule has 1 atom stereocenters. The summed E-state index contributed by atoms with van der Waals surface area (Å²) in [5, 5.41) is 0.765. The van der Waals surface area contributed by atoms with Crippen molar-refractivity contribution >= 4 is 21.8 Å². The predicted octanol–water partition coefficient (Wildman–Crippen LogP) is 3.00. The number of alkyl halides is 1. The van der Waals surface area contributed by atoms with E-state index in [2.05, 4.69) is 20.9 Å². The van der Waals surface area contributed by atoms with Crippen LogP contribution in [-0.2, 0) is 0 Å². The summed E-state index contributed by atoms with van der Waals surface area (Å²) in [6.45, 7) is 0.742. The van der Waals surface area contributed by atoms with Gasteiger partial charge in [0.15, 0.2) is 0 Å². The molecular formula is C13H16BrFN2O. The maximum Gasteiger partial charge on any atom is 0.255 e. The van der Waals surface area contributed by atoms with E-state index in [9.17, 15) is 9.18 Å². The average molecular weight is 315 g/mol.